The van der Waals surface area contributed by atoms with E-state index in [1.54, 1.807) is 6.92 Å². The van der Waals surface area contributed by atoms with Gasteiger partial charge >= 0.3 is 12.0 Å². The summed E-state index contributed by atoms with van der Waals surface area (Å²) in [4.78, 5) is 23.2. The highest BCUT2D eigenvalue weighted by molar-refractivity contribution is 5.80. The lowest BCUT2D eigenvalue weighted by molar-refractivity contribution is -0.137. The van der Waals surface area contributed by atoms with Gasteiger partial charge in [0, 0.05) is 13.1 Å². The van der Waals surface area contributed by atoms with E-state index in [0.29, 0.717) is 5.56 Å². The van der Waals surface area contributed by atoms with E-state index in [1.165, 1.54) is 6.07 Å². The van der Waals surface area contributed by atoms with Gasteiger partial charge in [0.15, 0.2) is 11.6 Å². The third-order valence-electron chi connectivity index (χ3n) is 2.42. The smallest absolute Gasteiger partial charge is 0.323 e. The normalized spacial score (nSPS) is 10.1. The molecular formula is C12H14F2N2O3. The van der Waals surface area contributed by atoms with Crippen LogP contribution in [0, 0.1) is 11.6 Å². The Morgan fingerprint density at radius 1 is 1.32 bits per heavy atom. The number of hydrogen-bond donors (Lipinski definition) is 2. The maximum absolute atomic E-state index is 12.9. The molecule has 19 heavy (non-hydrogen) atoms. The fourth-order valence-corrected chi connectivity index (χ4v) is 1.43. The summed E-state index contributed by atoms with van der Waals surface area (Å²) >= 11 is 0. The van der Waals surface area contributed by atoms with E-state index in [0.717, 1.165) is 17.0 Å². The molecule has 0 aliphatic heterocycles. The van der Waals surface area contributed by atoms with Crippen LogP contribution in [-0.4, -0.2) is 35.1 Å². The van der Waals surface area contributed by atoms with Crippen LogP contribution in [0.4, 0.5) is 13.6 Å². The second-order valence-electron chi connectivity index (χ2n) is 3.82. The molecule has 0 spiro atoms. The topological polar surface area (TPSA) is 69.6 Å². The van der Waals surface area contributed by atoms with Crippen molar-refractivity contribution in [2.24, 2.45) is 0 Å². The van der Waals surface area contributed by atoms with Crippen LogP contribution in [0.5, 0.6) is 0 Å². The van der Waals surface area contributed by atoms with E-state index in [4.69, 9.17) is 5.11 Å². The van der Waals surface area contributed by atoms with Crippen molar-refractivity contribution in [3.05, 3.63) is 35.4 Å². The Morgan fingerprint density at radius 3 is 2.53 bits per heavy atom. The molecular weight excluding hydrogens is 258 g/mol. The van der Waals surface area contributed by atoms with Crippen LogP contribution in [0.15, 0.2) is 18.2 Å². The minimum atomic E-state index is -1.12. The molecule has 0 atom stereocenters. The first-order valence-electron chi connectivity index (χ1n) is 5.62. The number of nitrogens with zero attached hydrogens (tertiary/aromatic N) is 1. The van der Waals surface area contributed by atoms with Crippen molar-refractivity contribution in [1.29, 1.82) is 0 Å². The number of carboxylic acid groups (broad SMARTS) is 1. The number of carbonyl (C=O) groups excluding carboxylic acids is 1. The summed E-state index contributed by atoms with van der Waals surface area (Å²) in [5.41, 5.74) is 0.388. The van der Waals surface area contributed by atoms with Gasteiger partial charge in [-0.15, -0.1) is 0 Å². The summed E-state index contributed by atoms with van der Waals surface area (Å²) in [6.45, 7) is 1.45. The number of rotatable bonds is 5. The molecule has 1 rings (SSSR count). The second kappa shape index (κ2) is 6.67. The molecule has 2 N–H and O–H groups in total. The molecule has 0 fully saturated rings. The van der Waals surface area contributed by atoms with Gasteiger partial charge in [0.1, 0.15) is 6.54 Å². The lowest BCUT2D eigenvalue weighted by Gasteiger charge is -2.19. The number of hydrogen-bond acceptors (Lipinski definition) is 2. The maximum Gasteiger partial charge on any atom is 0.323 e. The van der Waals surface area contributed by atoms with Crippen molar-refractivity contribution in [2.75, 3.05) is 13.1 Å². The van der Waals surface area contributed by atoms with Crippen molar-refractivity contribution in [1.82, 2.24) is 10.2 Å². The Labute approximate surface area is 108 Å². The number of benzene rings is 1. The molecule has 1 aromatic rings. The Hall–Kier alpha value is -2.18. The van der Waals surface area contributed by atoms with Crippen molar-refractivity contribution < 1.29 is 23.5 Å². The minimum absolute atomic E-state index is 0.00779. The number of carbonyl (C=O) groups is 2. The fourth-order valence-electron chi connectivity index (χ4n) is 1.43. The van der Waals surface area contributed by atoms with Gasteiger partial charge in [-0.05, 0) is 24.6 Å². The third kappa shape index (κ3) is 4.53. The Kier molecular flexibility index (Phi) is 5.23. The standard InChI is InChI=1S/C12H14F2N2O3/c1-2-16(7-11(17)18)12(19)15-6-8-3-4-9(13)10(14)5-8/h3-5H,2,6-7H2,1H3,(H,15,19)(H,17,18). The summed E-state index contributed by atoms with van der Waals surface area (Å²) in [6.07, 6.45) is 0. The van der Waals surface area contributed by atoms with Gasteiger partial charge in [0.25, 0.3) is 0 Å². The lowest BCUT2D eigenvalue weighted by atomic mass is 10.2. The van der Waals surface area contributed by atoms with Gasteiger partial charge in [-0.25, -0.2) is 13.6 Å². The van der Waals surface area contributed by atoms with Gasteiger partial charge in [-0.1, -0.05) is 6.07 Å². The first-order chi connectivity index (χ1) is 8.93. The SMILES string of the molecule is CCN(CC(=O)O)C(=O)NCc1ccc(F)c(F)c1. The van der Waals surface area contributed by atoms with Gasteiger partial charge in [0.2, 0.25) is 0 Å². The average molecular weight is 272 g/mol. The van der Waals surface area contributed by atoms with Gasteiger partial charge in [0.05, 0.1) is 0 Å². The van der Waals surface area contributed by atoms with Gasteiger partial charge in [-0.2, -0.15) is 0 Å². The second-order valence-corrected chi connectivity index (χ2v) is 3.82. The summed E-state index contributed by atoms with van der Waals surface area (Å²) in [7, 11) is 0. The largest absolute Gasteiger partial charge is 0.480 e. The van der Waals surface area contributed by atoms with E-state index >= 15 is 0 Å². The molecule has 0 saturated carbocycles. The molecule has 2 amide bonds. The maximum atomic E-state index is 12.9. The van der Waals surface area contributed by atoms with Crippen LogP contribution in [-0.2, 0) is 11.3 Å². The van der Waals surface area contributed by atoms with E-state index in [9.17, 15) is 18.4 Å². The van der Waals surface area contributed by atoms with E-state index in [1.807, 2.05) is 0 Å². The van der Waals surface area contributed by atoms with Gasteiger partial charge in [-0.3, -0.25) is 4.79 Å². The minimum Gasteiger partial charge on any atom is -0.480 e. The fraction of sp³-hybridized carbons (Fsp3) is 0.333. The molecule has 7 heteroatoms. The van der Waals surface area contributed by atoms with Crippen LogP contribution in [0.2, 0.25) is 0 Å². The van der Waals surface area contributed by atoms with Crippen molar-refractivity contribution in [2.45, 2.75) is 13.5 Å². The highest BCUT2D eigenvalue weighted by atomic mass is 19.2. The molecule has 0 aromatic heterocycles. The predicted octanol–water partition coefficient (Wildman–Crippen LogP) is 1.58. The van der Waals surface area contributed by atoms with E-state index < -0.39 is 30.2 Å². The summed E-state index contributed by atoms with van der Waals surface area (Å²) in [6, 6.07) is 2.70. The Balaban J connectivity index is 2.57. The quantitative estimate of drug-likeness (QED) is 0.855. The zero-order valence-corrected chi connectivity index (χ0v) is 10.3. The number of amides is 2. The molecule has 1 aromatic carbocycles. The van der Waals surface area contributed by atoms with Crippen molar-refractivity contribution >= 4 is 12.0 Å². The highest BCUT2D eigenvalue weighted by Gasteiger charge is 2.14. The molecule has 0 aliphatic carbocycles. The highest BCUT2D eigenvalue weighted by Crippen LogP contribution is 2.08. The first-order valence-corrected chi connectivity index (χ1v) is 5.62. The number of nitrogens with one attached hydrogen (secondary N) is 1. The molecule has 0 aliphatic rings. The average Bonchev–Trinajstić information content (AvgIpc) is 2.36. The summed E-state index contributed by atoms with van der Waals surface area (Å²) in [5.74, 6) is -3.08. The van der Waals surface area contributed by atoms with Crippen LogP contribution in [0.1, 0.15) is 12.5 Å². The molecule has 104 valence electrons. The predicted molar refractivity (Wildman–Crippen MR) is 63.5 cm³/mol. The molecule has 5 nitrogen and oxygen atoms in total. The summed E-state index contributed by atoms with van der Waals surface area (Å²) in [5, 5.41) is 11.0. The number of halogens is 2. The van der Waals surface area contributed by atoms with Gasteiger partial charge < -0.3 is 15.3 Å². The Morgan fingerprint density at radius 2 is 2.00 bits per heavy atom. The Bertz CT molecular complexity index is 480. The number of urea groups is 1. The molecule has 0 heterocycles. The third-order valence-corrected chi connectivity index (χ3v) is 2.42. The van der Waals surface area contributed by atoms with Crippen molar-refractivity contribution in [3.63, 3.8) is 0 Å². The number of aliphatic carboxylic acids is 1. The van der Waals surface area contributed by atoms with Crippen LogP contribution >= 0.6 is 0 Å². The number of likely N-dealkylation sites (N-methyl/N-ethyl adjacent to an activating group) is 1. The van der Waals surface area contributed by atoms with E-state index in [-0.39, 0.29) is 13.1 Å². The lowest BCUT2D eigenvalue weighted by Crippen LogP contribution is -2.42. The molecule has 0 unspecified atom stereocenters. The summed E-state index contributed by atoms with van der Waals surface area (Å²) < 4.78 is 25.6. The molecule has 0 bridgehead atoms. The molecule has 0 saturated heterocycles. The van der Waals surface area contributed by atoms with Crippen LogP contribution in [0.3, 0.4) is 0 Å². The van der Waals surface area contributed by atoms with E-state index in [2.05, 4.69) is 5.32 Å². The van der Waals surface area contributed by atoms with Crippen LogP contribution < -0.4 is 5.32 Å². The van der Waals surface area contributed by atoms with Crippen LogP contribution in [0.25, 0.3) is 0 Å². The number of carboxylic acids is 1. The van der Waals surface area contributed by atoms with Crippen molar-refractivity contribution in [3.8, 4) is 0 Å². The zero-order valence-electron chi connectivity index (χ0n) is 10.3. The zero-order chi connectivity index (χ0) is 14.4. The monoisotopic (exact) mass is 272 g/mol. The molecule has 0 radical (unpaired) electrons. The first kappa shape index (κ1) is 14.9.